The molecule has 26 heavy (non-hydrogen) atoms. The summed E-state index contributed by atoms with van der Waals surface area (Å²) in [4.78, 5) is 12.6. The highest BCUT2D eigenvalue weighted by Gasteiger charge is 2.53. The number of phenolic OH excluding ortho intramolecular Hbond substituents is 1. The molecular formula is C20H30BrNO4. The third-order valence-corrected chi connectivity index (χ3v) is 6.61. The maximum absolute atomic E-state index is 12.6. The van der Waals surface area contributed by atoms with Crippen molar-refractivity contribution in [1.29, 1.82) is 0 Å². The highest BCUT2D eigenvalue weighted by Crippen LogP contribution is 2.44. The second kappa shape index (κ2) is 8.28. The van der Waals surface area contributed by atoms with Crippen LogP contribution in [0.2, 0.25) is 0 Å². The second-order valence-corrected chi connectivity index (χ2v) is 8.06. The fourth-order valence-corrected chi connectivity index (χ4v) is 4.88. The van der Waals surface area contributed by atoms with Gasteiger partial charge in [0.25, 0.3) is 0 Å². The molecule has 2 N–H and O–H groups in total. The average Bonchev–Trinajstić information content (AvgIpc) is 2.74. The van der Waals surface area contributed by atoms with Crippen molar-refractivity contribution in [3.8, 4) is 5.75 Å². The van der Waals surface area contributed by atoms with Crippen LogP contribution in [0.25, 0.3) is 0 Å². The molecule has 0 aliphatic carbocycles. The van der Waals surface area contributed by atoms with Crippen molar-refractivity contribution in [2.45, 2.75) is 69.7 Å². The molecule has 2 saturated heterocycles. The lowest BCUT2D eigenvalue weighted by Gasteiger charge is -2.49. The first-order valence-corrected chi connectivity index (χ1v) is 9.32. The number of aliphatic hydroxyl groups excluding tert-OH is 1. The molecule has 1 aromatic carbocycles. The number of aliphatic hydroxyl groups is 1. The number of piperidine rings is 1. The summed E-state index contributed by atoms with van der Waals surface area (Å²) in [6.07, 6.45) is 4.12. The van der Waals surface area contributed by atoms with Crippen molar-refractivity contribution in [2.24, 2.45) is 0 Å². The number of nitrogens with zero attached hydrogens (tertiary/aromatic N) is 1. The lowest BCUT2D eigenvalue weighted by molar-refractivity contribution is -0.968. The Kier molecular flexibility index (Phi) is 6.75. The van der Waals surface area contributed by atoms with E-state index in [2.05, 4.69) is 20.9 Å². The third kappa shape index (κ3) is 3.78. The lowest BCUT2D eigenvalue weighted by Crippen LogP contribution is -3.00. The quantitative estimate of drug-likeness (QED) is 0.493. The zero-order valence-electron chi connectivity index (χ0n) is 15.8. The molecule has 0 radical (unpaired) electrons. The summed E-state index contributed by atoms with van der Waals surface area (Å²) in [6, 6.07) is 8.14. The van der Waals surface area contributed by atoms with Crippen molar-refractivity contribution < 1.29 is 41.2 Å². The molecule has 2 bridgehead atoms. The smallest absolute Gasteiger partial charge is 0.316 e. The van der Waals surface area contributed by atoms with E-state index in [1.54, 1.807) is 18.2 Å². The number of carbonyl (C=O) groups excluding carboxylic acids is 1. The van der Waals surface area contributed by atoms with Crippen molar-refractivity contribution in [1.82, 2.24) is 0 Å². The highest BCUT2D eigenvalue weighted by molar-refractivity contribution is 5.78. The van der Waals surface area contributed by atoms with Crippen molar-refractivity contribution in [2.75, 3.05) is 13.7 Å². The Labute approximate surface area is 166 Å². The molecule has 0 saturated carbocycles. The number of halogens is 1. The maximum Gasteiger partial charge on any atom is 0.316 e. The van der Waals surface area contributed by atoms with Gasteiger partial charge in [0.05, 0.1) is 31.8 Å². The van der Waals surface area contributed by atoms with Crippen LogP contribution in [0.1, 0.15) is 51.0 Å². The first-order valence-electron chi connectivity index (χ1n) is 9.32. The SMILES string of the molecule is CC(C)[N+]1(C)[C@@H]2CC[C@H]1CC(OC(=O)C(CO)c1cccc(O)c1)C2.[Br-]. The van der Waals surface area contributed by atoms with Crippen LogP contribution in [-0.2, 0) is 9.53 Å². The van der Waals surface area contributed by atoms with Crippen LogP contribution in [0.3, 0.4) is 0 Å². The number of hydrogen-bond acceptors (Lipinski definition) is 4. The summed E-state index contributed by atoms with van der Waals surface area (Å²) >= 11 is 0. The zero-order chi connectivity index (χ0) is 18.2. The molecule has 5 nitrogen and oxygen atoms in total. The van der Waals surface area contributed by atoms with Gasteiger partial charge in [0.2, 0.25) is 0 Å². The molecule has 3 unspecified atom stereocenters. The van der Waals surface area contributed by atoms with Gasteiger partial charge in [-0.25, -0.2) is 0 Å². The predicted molar refractivity (Wildman–Crippen MR) is 95.2 cm³/mol. The Morgan fingerprint density at radius 1 is 1.27 bits per heavy atom. The first kappa shape index (κ1) is 21.2. The van der Waals surface area contributed by atoms with Gasteiger partial charge in [0, 0.05) is 25.7 Å². The second-order valence-electron chi connectivity index (χ2n) is 8.06. The number of fused-ring (bicyclic) bond motifs is 2. The van der Waals surface area contributed by atoms with Gasteiger partial charge in [-0.2, -0.15) is 0 Å². The molecule has 6 heteroatoms. The molecule has 0 spiro atoms. The number of hydrogen-bond donors (Lipinski definition) is 2. The van der Waals surface area contributed by atoms with Crippen molar-refractivity contribution in [3.05, 3.63) is 29.8 Å². The van der Waals surface area contributed by atoms with Crippen LogP contribution >= 0.6 is 0 Å². The van der Waals surface area contributed by atoms with E-state index in [-0.39, 0.29) is 35.4 Å². The Balaban J connectivity index is 0.00000243. The molecule has 146 valence electrons. The Bertz CT molecular complexity index is 622. The van der Waals surface area contributed by atoms with Gasteiger partial charge in [-0.3, -0.25) is 4.79 Å². The topological polar surface area (TPSA) is 66.8 Å². The predicted octanol–water partition coefficient (Wildman–Crippen LogP) is -0.436. The standard InChI is InChI=1S/C20H29NO4.BrH/c1-13(2)21(3)15-7-8-16(21)11-18(10-15)25-20(24)19(12-22)14-5-4-6-17(23)9-14;/h4-6,9,13,15-16,18-19,22H,7-8,10-12H2,1-3H3;1H/t15-,16+,18?,19?,21?;. The van der Waals surface area contributed by atoms with Crippen LogP contribution < -0.4 is 17.0 Å². The molecular weight excluding hydrogens is 398 g/mol. The number of carbonyl (C=O) groups is 1. The fourth-order valence-electron chi connectivity index (χ4n) is 4.88. The summed E-state index contributed by atoms with van der Waals surface area (Å²) in [5.41, 5.74) is 0.592. The van der Waals surface area contributed by atoms with Crippen molar-refractivity contribution in [3.63, 3.8) is 0 Å². The Hall–Kier alpha value is -1.11. The molecule has 2 aliphatic heterocycles. The van der Waals surface area contributed by atoms with Crippen LogP contribution in [0.5, 0.6) is 5.75 Å². The number of ether oxygens (including phenoxy) is 1. The number of esters is 1. The van der Waals surface area contributed by atoms with E-state index in [0.29, 0.717) is 23.7 Å². The fraction of sp³-hybridized carbons (Fsp3) is 0.650. The molecule has 2 heterocycles. The van der Waals surface area contributed by atoms with Gasteiger partial charge in [0.15, 0.2) is 0 Å². The van der Waals surface area contributed by atoms with Crippen LogP contribution in [0, 0.1) is 0 Å². The summed E-state index contributed by atoms with van der Waals surface area (Å²) in [6.45, 7) is 4.24. The van der Waals surface area contributed by atoms with Gasteiger partial charge in [-0.1, -0.05) is 12.1 Å². The Morgan fingerprint density at radius 3 is 2.38 bits per heavy atom. The van der Waals surface area contributed by atoms with Crippen LogP contribution in [-0.4, -0.2) is 58.5 Å². The third-order valence-electron chi connectivity index (χ3n) is 6.61. The van der Waals surface area contributed by atoms with Gasteiger partial charge >= 0.3 is 5.97 Å². The van der Waals surface area contributed by atoms with E-state index in [0.717, 1.165) is 17.3 Å². The molecule has 1 aromatic rings. The highest BCUT2D eigenvalue weighted by atomic mass is 79.9. The Morgan fingerprint density at radius 2 is 1.88 bits per heavy atom. The molecule has 2 fully saturated rings. The molecule has 2 aliphatic rings. The van der Waals surface area contributed by atoms with E-state index >= 15 is 0 Å². The number of aromatic hydroxyl groups is 1. The molecule has 0 aromatic heterocycles. The number of benzene rings is 1. The number of phenols is 1. The van der Waals surface area contributed by atoms with E-state index in [9.17, 15) is 15.0 Å². The van der Waals surface area contributed by atoms with E-state index in [4.69, 9.17) is 4.74 Å². The van der Waals surface area contributed by atoms with Gasteiger partial charge in [-0.05, 0) is 31.5 Å². The maximum atomic E-state index is 12.6. The van der Waals surface area contributed by atoms with Gasteiger partial charge in [0.1, 0.15) is 17.8 Å². The summed E-state index contributed by atoms with van der Waals surface area (Å²) in [7, 11) is 2.34. The average molecular weight is 428 g/mol. The van der Waals surface area contributed by atoms with E-state index < -0.39 is 11.9 Å². The monoisotopic (exact) mass is 427 g/mol. The lowest BCUT2D eigenvalue weighted by atomic mass is 9.94. The normalized spacial score (nSPS) is 31.3. The first-order chi connectivity index (χ1) is 11.9. The van der Waals surface area contributed by atoms with E-state index in [1.165, 1.54) is 18.9 Å². The van der Waals surface area contributed by atoms with Crippen molar-refractivity contribution >= 4 is 5.97 Å². The molecule has 3 rings (SSSR count). The zero-order valence-corrected chi connectivity index (χ0v) is 17.4. The van der Waals surface area contributed by atoms with E-state index in [1.807, 2.05) is 0 Å². The minimum absolute atomic E-state index is 0. The minimum Gasteiger partial charge on any atom is -1.00 e. The van der Waals surface area contributed by atoms with Gasteiger partial charge < -0.3 is 36.4 Å². The van der Waals surface area contributed by atoms with Crippen LogP contribution in [0.4, 0.5) is 0 Å². The minimum atomic E-state index is -0.738. The largest absolute Gasteiger partial charge is 1.00 e. The number of quaternary nitrogens is 1. The van der Waals surface area contributed by atoms with Gasteiger partial charge in [-0.15, -0.1) is 0 Å². The summed E-state index contributed by atoms with van der Waals surface area (Å²) < 4.78 is 6.89. The number of rotatable bonds is 5. The molecule has 0 amide bonds. The van der Waals surface area contributed by atoms with Crippen LogP contribution in [0.15, 0.2) is 24.3 Å². The summed E-state index contributed by atoms with van der Waals surface area (Å²) in [5.74, 6) is -1.04. The summed E-state index contributed by atoms with van der Waals surface area (Å²) in [5, 5.41) is 19.3. The molecule has 5 atom stereocenters.